The predicted octanol–water partition coefficient (Wildman–Crippen LogP) is 1.06. The Morgan fingerprint density at radius 3 is 3.07 bits per heavy atom. The number of rotatable bonds is 7. The number of aliphatic hydroxyl groups excluding tert-OH is 1. The normalized spacial score (nSPS) is 13.0. The molecule has 0 amide bonds. The number of hydrogen-bond acceptors (Lipinski definition) is 3. The average Bonchev–Trinajstić information content (AvgIpc) is 2.65. The van der Waals surface area contributed by atoms with Gasteiger partial charge in [-0.3, -0.25) is 0 Å². The van der Waals surface area contributed by atoms with Crippen molar-refractivity contribution in [1.29, 1.82) is 0 Å². The van der Waals surface area contributed by atoms with Crippen LogP contribution in [0, 0.1) is 0 Å². The molecule has 0 aromatic carbocycles. The molecule has 1 N–H and O–H groups in total. The first-order valence-electron chi connectivity index (χ1n) is 5.04. The topological polar surface area (TPSA) is 47.3 Å². The van der Waals surface area contributed by atoms with Gasteiger partial charge in [-0.05, 0) is 6.42 Å². The number of hydrogen-bond donors (Lipinski definition) is 1. The van der Waals surface area contributed by atoms with Crippen LogP contribution in [0.4, 0.5) is 0 Å². The molecule has 0 saturated carbocycles. The molecule has 4 heteroatoms. The van der Waals surface area contributed by atoms with Gasteiger partial charge in [-0.2, -0.15) is 0 Å². The Morgan fingerprint density at radius 1 is 1.57 bits per heavy atom. The van der Waals surface area contributed by atoms with Crippen molar-refractivity contribution >= 4 is 0 Å². The second-order valence-electron chi connectivity index (χ2n) is 3.34. The zero-order valence-electron chi connectivity index (χ0n) is 8.59. The predicted molar refractivity (Wildman–Crippen MR) is 54.0 cm³/mol. The molecule has 0 spiro atoms. The third-order valence-electron chi connectivity index (χ3n) is 1.93. The van der Waals surface area contributed by atoms with Crippen LogP contribution in [0.25, 0.3) is 0 Å². The van der Waals surface area contributed by atoms with Gasteiger partial charge in [0.25, 0.3) is 0 Å². The van der Waals surface area contributed by atoms with Gasteiger partial charge < -0.3 is 14.4 Å². The summed E-state index contributed by atoms with van der Waals surface area (Å²) < 4.78 is 7.14. The third kappa shape index (κ3) is 4.39. The summed E-state index contributed by atoms with van der Waals surface area (Å²) >= 11 is 0. The lowest BCUT2D eigenvalue weighted by atomic mass is 10.3. The summed E-state index contributed by atoms with van der Waals surface area (Å²) in [5.74, 6) is 0. The van der Waals surface area contributed by atoms with E-state index >= 15 is 0 Å². The lowest BCUT2D eigenvalue weighted by Gasteiger charge is -2.11. The molecule has 1 atom stereocenters. The fraction of sp³-hybridized carbons (Fsp3) is 0.700. The zero-order chi connectivity index (χ0) is 10.2. The highest BCUT2D eigenvalue weighted by atomic mass is 16.5. The summed E-state index contributed by atoms with van der Waals surface area (Å²) in [5.41, 5.74) is 0. The highest BCUT2D eigenvalue weighted by Crippen LogP contribution is 1.95. The smallest absolute Gasteiger partial charge is 0.0952 e. The first-order valence-corrected chi connectivity index (χ1v) is 5.04. The van der Waals surface area contributed by atoms with Crippen LogP contribution in [0.3, 0.4) is 0 Å². The van der Waals surface area contributed by atoms with E-state index in [-0.39, 0.29) is 0 Å². The summed E-state index contributed by atoms with van der Waals surface area (Å²) in [4.78, 5) is 3.90. The number of nitrogens with zero attached hydrogens (tertiary/aromatic N) is 2. The van der Waals surface area contributed by atoms with Crippen LogP contribution in [-0.2, 0) is 11.3 Å². The summed E-state index contributed by atoms with van der Waals surface area (Å²) in [6.07, 6.45) is 6.95. The largest absolute Gasteiger partial charge is 0.389 e. The summed E-state index contributed by atoms with van der Waals surface area (Å²) in [6, 6.07) is 0. The van der Waals surface area contributed by atoms with Crippen LogP contribution >= 0.6 is 0 Å². The molecule has 1 rings (SSSR count). The number of unbranched alkanes of at least 4 members (excludes halogenated alkanes) is 1. The number of aromatic nitrogens is 2. The van der Waals surface area contributed by atoms with Crippen LogP contribution in [0.5, 0.6) is 0 Å². The second kappa shape index (κ2) is 6.56. The molecular formula is C10H18N2O2. The van der Waals surface area contributed by atoms with Crippen molar-refractivity contribution in [3.05, 3.63) is 18.7 Å². The van der Waals surface area contributed by atoms with E-state index in [1.807, 2.05) is 10.8 Å². The Labute approximate surface area is 84.5 Å². The lowest BCUT2D eigenvalue weighted by Crippen LogP contribution is -2.21. The fourth-order valence-corrected chi connectivity index (χ4v) is 1.16. The van der Waals surface area contributed by atoms with Crippen molar-refractivity contribution in [2.75, 3.05) is 13.2 Å². The van der Waals surface area contributed by atoms with Crippen molar-refractivity contribution in [2.45, 2.75) is 32.4 Å². The van der Waals surface area contributed by atoms with Crippen LogP contribution in [0.15, 0.2) is 18.7 Å². The molecule has 0 aliphatic rings. The Hall–Kier alpha value is -0.870. The number of aliphatic hydroxyl groups is 1. The van der Waals surface area contributed by atoms with Gasteiger partial charge in [-0.1, -0.05) is 13.3 Å². The minimum Gasteiger partial charge on any atom is -0.389 e. The van der Waals surface area contributed by atoms with E-state index < -0.39 is 6.10 Å². The van der Waals surface area contributed by atoms with E-state index in [0.717, 1.165) is 19.4 Å². The third-order valence-corrected chi connectivity index (χ3v) is 1.93. The molecule has 0 fully saturated rings. The summed E-state index contributed by atoms with van der Waals surface area (Å²) in [5, 5.41) is 9.55. The molecular weight excluding hydrogens is 180 g/mol. The molecule has 0 saturated heterocycles. The van der Waals surface area contributed by atoms with Gasteiger partial charge in [0.05, 0.1) is 25.6 Å². The average molecular weight is 198 g/mol. The van der Waals surface area contributed by atoms with E-state index in [4.69, 9.17) is 4.74 Å². The van der Waals surface area contributed by atoms with Gasteiger partial charge >= 0.3 is 0 Å². The molecule has 1 aromatic rings. The van der Waals surface area contributed by atoms with Gasteiger partial charge in [0.2, 0.25) is 0 Å². The van der Waals surface area contributed by atoms with Gasteiger partial charge in [0, 0.05) is 19.0 Å². The molecule has 4 nitrogen and oxygen atoms in total. The van der Waals surface area contributed by atoms with E-state index in [1.165, 1.54) is 0 Å². The Balaban J connectivity index is 2.07. The first kappa shape index (κ1) is 11.2. The molecule has 0 bridgehead atoms. The molecule has 1 unspecified atom stereocenters. The van der Waals surface area contributed by atoms with Crippen molar-refractivity contribution < 1.29 is 9.84 Å². The Bertz CT molecular complexity index is 224. The van der Waals surface area contributed by atoms with E-state index in [2.05, 4.69) is 11.9 Å². The maximum atomic E-state index is 9.55. The highest BCUT2D eigenvalue weighted by molar-refractivity contribution is 4.75. The second-order valence-corrected chi connectivity index (χ2v) is 3.34. The summed E-state index contributed by atoms with van der Waals surface area (Å²) in [7, 11) is 0. The summed E-state index contributed by atoms with van der Waals surface area (Å²) in [6.45, 7) is 3.80. The van der Waals surface area contributed by atoms with E-state index in [1.54, 1.807) is 12.5 Å². The quantitative estimate of drug-likeness (QED) is 0.666. The van der Waals surface area contributed by atoms with Crippen molar-refractivity contribution in [3.63, 3.8) is 0 Å². The monoisotopic (exact) mass is 198 g/mol. The van der Waals surface area contributed by atoms with E-state index in [9.17, 15) is 5.11 Å². The number of imidazole rings is 1. The SMILES string of the molecule is CCCCOCC(O)Cn1ccnc1. The lowest BCUT2D eigenvalue weighted by molar-refractivity contribution is 0.0271. The van der Waals surface area contributed by atoms with Crippen molar-refractivity contribution in [1.82, 2.24) is 9.55 Å². The van der Waals surface area contributed by atoms with Crippen LogP contribution in [0.2, 0.25) is 0 Å². The molecule has 0 aliphatic heterocycles. The highest BCUT2D eigenvalue weighted by Gasteiger charge is 2.04. The Morgan fingerprint density at radius 2 is 2.43 bits per heavy atom. The minimum absolute atomic E-state index is 0.401. The van der Waals surface area contributed by atoms with Gasteiger partial charge in [0.15, 0.2) is 0 Å². The minimum atomic E-state index is -0.443. The number of ether oxygens (including phenoxy) is 1. The van der Waals surface area contributed by atoms with E-state index in [0.29, 0.717) is 13.2 Å². The molecule has 1 heterocycles. The molecule has 1 aromatic heterocycles. The molecule has 0 radical (unpaired) electrons. The van der Waals surface area contributed by atoms with Crippen molar-refractivity contribution in [2.24, 2.45) is 0 Å². The standard InChI is InChI=1S/C10H18N2O2/c1-2-3-6-14-8-10(13)7-12-5-4-11-9-12/h4-5,9-10,13H,2-3,6-8H2,1H3. The van der Waals surface area contributed by atoms with Crippen molar-refractivity contribution in [3.8, 4) is 0 Å². The zero-order valence-corrected chi connectivity index (χ0v) is 8.59. The van der Waals surface area contributed by atoms with Gasteiger partial charge in [-0.15, -0.1) is 0 Å². The Kier molecular flexibility index (Phi) is 5.25. The maximum Gasteiger partial charge on any atom is 0.0952 e. The van der Waals surface area contributed by atoms with Gasteiger partial charge in [-0.25, -0.2) is 4.98 Å². The fourth-order valence-electron chi connectivity index (χ4n) is 1.16. The molecule has 0 aliphatic carbocycles. The first-order chi connectivity index (χ1) is 6.83. The molecule has 14 heavy (non-hydrogen) atoms. The maximum absolute atomic E-state index is 9.55. The van der Waals surface area contributed by atoms with Crippen LogP contribution in [0.1, 0.15) is 19.8 Å². The van der Waals surface area contributed by atoms with Gasteiger partial charge in [0.1, 0.15) is 0 Å². The van der Waals surface area contributed by atoms with Crippen LogP contribution < -0.4 is 0 Å². The molecule has 80 valence electrons. The van der Waals surface area contributed by atoms with Crippen LogP contribution in [-0.4, -0.2) is 34.0 Å².